The summed E-state index contributed by atoms with van der Waals surface area (Å²) in [5, 5.41) is 93.0. The number of rotatable bonds is 46. The van der Waals surface area contributed by atoms with Crippen molar-refractivity contribution >= 4 is 56.2 Å². The van der Waals surface area contributed by atoms with E-state index in [0.29, 0.717) is 11.2 Å². The number of carbonyl (C=O) groups is 1. The van der Waals surface area contributed by atoms with Crippen LogP contribution in [-0.2, 0) is 120 Å². The highest BCUT2D eigenvalue weighted by Crippen LogP contribution is 2.52. The van der Waals surface area contributed by atoms with Crippen molar-refractivity contribution in [3.63, 3.8) is 0 Å². The van der Waals surface area contributed by atoms with Crippen LogP contribution >= 0.6 is 39.1 Å². The molecule has 13 unspecified atom stereocenters. The maximum absolute atomic E-state index is 14.1. The molecule has 6 heterocycles. The average Bonchev–Trinajstić information content (AvgIpc) is 1.67. The van der Waals surface area contributed by atoms with E-state index in [1.54, 1.807) is 6.92 Å². The van der Waals surface area contributed by atoms with Crippen LogP contribution in [0.5, 0.6) is 0 Å². The second kappa shape index (κ2) is 40.3. The number of imidazole rings is 1. The first-order chi connectivity index (χ1) is 47.4. The van der Waals surface area contributed by atoms with E-state index in [2.05, 4.69) is 20.3 Å². The topological polar surface area (TPSA) is 626 Å². The molecule has 586 valence electrons. The van der Waals surface area contributed by atoms with E-state index in [1.807, 2.05) is 0 Å². The quantitative estimate of drug-likeness (QED) is 0.0178. The second-order valence-corrected chi connectivity index (χ2v) is 30.8. The van der Waals surface area contributed by atoms with E-state index in [-0.39, 0.29) is 12.1 Å². The number of nitrogens with one attached hydrogen (secondary N) is 1. The first-order valence-electron chi connectivity index (χ1n) is 31.1. The molecule has 4 aliphatic rings. The number of hydrogen-bond acceptors (Lipinski definition) is 38. The van der Waals surface area contributed by atoms with Gasteiger partial charge in [-0.15, -0.1) is 0 Å². The number of amides is 1. The lowest BCUT2D eigenvalue weighted by Crippen LogP contribution is -2.64. The van der Waals surface area contributed by atoms with Crippen LogP contribution in [-0.4, -0.2) is 313 Å². The van der Waals surface area contributed by atoms with E-state index in [1.165, 1.54) is 44.9 Å². The van der Waals surface area contributed by atoms with Gasteiger partial charge in [-0.3, -0.25) is 54.6 Å². The summed E-state index contributed by atoms with van der Waals surface area (Å²) in [6.07, 6.45) is -19.2. The van der Waals surface area contributed by atoms with Gasteiger partial charge in [0.25, 0.3) is 0 Å². The Hall–Kier alpha value is -2.19. The number of phosphoric ester groups is 5. The number of hydrogen-bond donors (Lipinski definition) is 15. The highest BCUT2D eigenvalue weighted by atomic mass is 31.2. The molecule has 50 heteroatoms. The Kier molecular flexibility index (Phi) is 35.0. The van der Waals surface area contributed by atoms with Crippen molar-refractivity contribution < 1.29 is 191 Å². The molecule has 0 spiro atoms. The number of aryl methyl sites for hydroxylation is 1. The van der Waals surface area contributed by atoms with Crippen molar-refractivity contribution in [2.45, 2.75) is 152 Å². The van der Waals surface area contributed by atoms with Crippen LogP contribution < -0.4 is 5.32 Å². The largest absolute Gasteiger partial charge is 0.474 e. The molecule has 24 atom stereocenters. The molecule has 0 aliphatic carbocycles. The summed E-state index contributed by atoms with van der Waals surface area (Å²) in [5.74, 6) is -2.35. The SMILES string of the molecule is CC(=O)NC1[C@H](OCCOP(=O)(O)OCOCC(COCCOP(=O)(O)OCCO[C@@H]2OC(CO)[C@H](O)[C@H](O)C2C)(COCOP(=O)(O)OCCO[C@@H]2OC(CO)[C@H](O)[C@H](O)C2C)COP(=O)(O)OC[C@H]2O[C@@H](n3cnc4c(C)ncnc43)CC2OP(=O)(O)OC(C)C)OC(CO)[C@H](O)[C@@H]1O. The molecule has 0 saturated carbocycles. The maximum Gasteiger partial charge on any atom is 0.474 e. The molecule has 4 fully saturated rings. The number of aliphatic hydroxyl groups is 9. The van der Waals surface area contributed by atoms with Gasteiger partial charge in [0.15, 0.2) is 38.1 Å². The fourth-order valence-corrected chi connectivity index (χ4v) is 14.0. The number of carbonyl (C=O) groups excluding carboxylic acids is 1. The van der Waals surface area contributed by atoms with Crippen molar-refractivity contribution in [1.29, 1.82) is 0 Å². The number of aromatic nitrogens is 4. The molecule has 0 radical (unpaired) electrons. The molecular formula is C51H92N5O40P5. The van der Waals surface area contributed by atoms with Crippen LogP contribution in [0.3, 0.4) is 0 Å². The van der Waals surface area contributed by atoms with Crippen LogP contribution in [0.2, 0.25) is 0 Å². The third-order valence-electron chi connectivity index (χ3n) is 15.4. The summed E-state index contributed by atoms with van der Waals surface area (Å²) in [5.41, 5.74) is -0.969. The molecule has 0 aromatic carbocycles. The molecule has 4 aliphatic heterocycles. The van der Waals surface area contributed by atoms with E-state index in [4.69, 9.17) is 92.6 Å². The number of fused-ring (bicyclic) bond motifs is 1. The molecule has 4 saturated heterocycles. The molecule has 45 nitrogen and oxygen atoms in total. The summed E-state index contributed by atoms with van der Waals surface area (Å²) in [6.45, 7) is -5.65. The zero-order valence-electron chi connectivity index (χ0n) is 55.5. The first-order valence-corrected chi connectivity index (χ1v) is 38.6. The lowest BCUT2D eigenvalue weighted by molar-refractivity contribution is -0.283. The lowest BCUT2D eigenvalue weighted by atomic mass is 9.92. The Balaban J connectivity index is 1.17. The maximum atomic E-state index is 14.1. The third-order valence-corrected chi connectivity index (χ3v) is 20.4. The Labute approximate surface area is 577 Å². The molecule has 15 N–H and O–H groups in total. The van der Waals surface area contributed by atoms with Gasteiger partial charge >= 0.3 is 39.1 Å². The third kappa shape index (κ3) is 27.2. The van der Waals surface area contributed by atoms with Gasteiger partial charge in [-0.2, -0.15) is 0 Å². The Morgan fingerprint density at radius 2 is 1.02 bits per heavy atom. The zero-order chi connectivity index (χ0) is 74.7. The van der Waals surface area contributed by atoms with E-state index >= 15 is 0 Å². The Bertz CT molecular complexity index is 3100. The fraction of sp³-hybridized carbons (Fsp3) is 0.882. The fourth-order valence-electron chi connectivity index (χ4n) is 10.2. The Morgan fingerprint density at radius 1 is 0.564 bits per heavy atom. The van der Waals surface area contributed by atoms with Crippen molar-refractivity contribution in [3.8, 4) is 0 Å². The molecule has 2 aromatic rings. The highest BCUT2D eigenvalue weighted by Gasteiger charge is 2.49. The van der Waals surface area contributed by atoms with Crippen molar-refractivity contribution in [2.75, 3.05) is 119 Å². The minimum atomic E-state index is -5.47. The van der Waals surface area contributed by atoms with E-state index in [0.717, 1.165) is 6.92 Å². The van der Waals surface area contributed by atoms with E-state index < -0.39 is 286 Å². The molecule has 2 aromatic heterocycles. The van der Waals surface area contributed by atoms with Crippen LogP contribution in [0.15, 0.2) is 12.7 Å². The molecular weight excluding hydrogens is 1480 g/mol. The second-order valence-electron chi connectivity index (χ2n) is 23.6. The standard InChI is InChI=1S/C51H92N5O40P5/c1-28(2)95-101(75,76)96-33-15-38(56-25-54-39-31(5)52-24-53-47(39)56)91-37(33)19-87-100(73,74)88-23-51(21-78-26-89-98(69,70)85-13-9-81-49-30(4)42(62)44(64)35(17-58)93-49,20-77-7-11-83-97(67,68)84-12-8-80-48-29(3)41(61)43(63)34(16-57)92-48)22-79-27-90-99(71,72)86-14-10-82-50-40(55-32(6)60)46(66)45(65)36(18-59)94-50/h24-25,28-30,33-38,40-46,48-50,57-59,61-66H,7-23,26-27H2,1-6H3,(H,55,60)(H,67,68)(H,69,70)(H,71,72)(H,73,74)(H,75,76)/t29?,30?,33?,34?,35?,36?,37-,38-,40?,41-,42-,43+,44+,45+,46-,48-,49-,50-,51?/m1/s1. The predicted molar refractivity (Wildman–Crippen MR) is 329 cm³/mol. The van der Waals surface area contributed by atoms with Crippen LogP contribution in [0.25, 0.3) is 11.2 Å². The first kappa shape index (κ1) is 87.7. The molecule has 0 bridgehead atoms. The highest BCUT2D eigenvalue weighted by molar-refractivity contribution is 7.48. The minimum absolute atomic E-state index is 0.227. The normalized spacial score (nSPS) is 32.5. The minimum Gasteiger partial charge on any atom is -0.394 e. The predicted octanol–water partition coefficient (Wildman–Crippen LogP) is -3.04. The van der Waals surface area contributed by atoms with Gasteiger partial charge in [0.2, 0.25) is 5.91 Å². The number of nitrogens with zero attached hydrogens (tertiary/aromatic N) is 4. The Morgan fingerprint density at radius 3 is 1.51 bits per heavy atom. The van der Waals surface area contributed by atoms with Gasteiger partial charge in [-0.25, -0.2) is 37.8 Å². The van der Waals surface area contributed by atoms with Crippen molar-refractivity contribution in [3.05, 3.63) is 18.3 Å². The van der Waals surface area contributed by atoms with Gasteiger partial charge < -0.3 is 123 Å². The summed E-state index contributed by atoms with van der Waals surface area (Å²) in [7, 11) is -25.6. The van der Waals surface area contributed by atoms with Crippen LogP contribution in [0.4, 0.5) is 0 Å². The molecule has 1 amide bonds. The number of phosphoric acid groups is 5. The van der Waals surface area contributed by atoms with Crippen LogP contribution in [0, 0.1) is 24.2 Å². The summed E-state index contributed by atoms with van der Waals surface area (Å²) >= 11 is 0. The summed E-state index contributed by atoms with van der Waals surface area (Å²) < 4.78 is 175. The monoisotopic (exact) mass is 1570 g/mol. The smallest absolute Gasteiger partial charge is 0.394 e. The van der Waals surface area contributed by atoms with Gasteiger partial charge in [0.1, 0.15) is 79.0 Å². The van der Waals surface area contributed by atoms with Crippen molar-refractivity contribution in [1.82, 2.24) is 24.8 Å². The van der Waals surface area contributed by atoms with Gasteiger partial charge in [-0.05, 0) is 20.8 Å². The average molecular weight is 1570 g/mol. The number of ether oxygens (including phenoxy) is 10. The lowest BCUT2D eigenvalue weighted by Gasteiger charge is -2.42. The zero-order valence-corrected chi connectivity index (χ0v) is 59.9. The van der Waals surface area contributed by atoms with Crippen LogP contribution in [0.1, 0.15) is 53.0 Å². The molecule has 6 rings (SSSR count). The van der Waals surface area contributed by atoms with Gasteiger partial charge in [0, 0.05) is 25.2 Å². The van der Waals surface area contributed by atoms with Crippen molar-refractivity contribution in [2.24, 2.45) is 17.3 Å². The number of aliphatic hydroxyl groups excluding tert-OH is 9. The molecule has 101 heavy (non-hydrogen) atoms. The summed E-state index contributed by atoms with van der Waals surface area (Å²) in [4.78, 5) is 78.3. The summed E-state index contributed by atoms with van der Waals surface area (Å²) in [6, 6.07) is -1.39. The van der Waals surface area contributed by atoms with E-state index in [9.17, 15) is 98.0 Å². The van der Waals surface area contributed by atoms with Gasteiger partial charge in [-0.1, -0.05) is 13.8 Å². The van der Waals surface area contributed by atoms with Gasteiger partial charge in [0.05, 0.1) is 141 Å².